The maximum atomic E-state index is 14.9. The first-order valence-electron chi connectivity index (χ1n) is 9.12. The average molecular weight is 520 g/mol. The van der Waals surface area contributed by atoms with Crippen LogP contribution < -0.4 is 15.8 Å². The van der Waals surface area contributed by atoms with Crippen molar-refractivity contribution < 1.29 is 36.3 Å². The van der Waals surface area contributed by atoms with Gasteiger partial charge in [0.15, 0.2) is 6.61 Å². The molecule has 0 aliphatic rings. The van der Waals surface area contributed by atoms with Crippen molar-refractivity contribution in [2.75, 3.05) is 11.9 Å². The van der Waals surface area contributed by atoms with Crippen LogP contribution in [0.15, 0.2) is 42.5 Å². The van der Waals surface area contributed by atoms with Crippen LogP contribution in [0.25, 0.3) is 11.3 Å². The summed E-state index contributed by atoms with van der Waals surface area (Å²) in [4.78, 5) is 28.0. The van der Waals surface area contributed by atoms with Crippen molar-refractivity contribution in [3.63, 3.8) is 0 Å². The Morgan fingerprint density at radius 1 is 1.03 bits per heavy atom. The lowest BCUT2D eigenvalue weighted by Gasteiger charge is -2.16. The second-order valence-corrected chi connectivity index (χ2v) is 7.49. The molecule has 0 aliphatic heterocycles. The number of para-hydroxylation sites is 1. The minimum atomic E-state index is -4.80. The third-order valence-corrected chi connectivity index (χ3v) is 4.88. The highest BCUT2D eigenvalue weighted by Crippen LogP contribution is 2.33. The molecule has 0 saturated carbocycles. The summed E-state index contributed by atoms with van der Waals surface area (Å²) < 4.78 is 72.0. The number of ether oxygens (including phenoxy) is 1. The second kappa shape index (κ2) is 9.82. The van der Waals surface area contributed by atoms with Crippen LogP contribution in [-0.2, 0) is 0 Å². The number of rotatable bonds is 6. The number of nitrogens with zero attached hydrogens (tertiary/aromatic N) is 1. The zero-order valence-electron chi connectivity index (χ0n) is 16.6. The van der Waals surface area contributed by atoms with E-state index in [-0.39, 0.29) is 15.7 Å². The first-order chi connectivity index (χ1) is 15.9. The molecule has 0 unspecified atom stereocenters. The molecule has 0 saturated heterocycles. The van der Waals surface area contributed by atoms with E-state index in [1.807, 2.05) is 0 Å². The molecule has 34 heavy (non-hydrogen) atoms. The van der Waals surface area contributed by atoms with E-state index >= 15 is 0 Å². The van der Waals surface area contributed by atoms with Gasteiger partial charge < -0.3 is 15.8 Å². The fourth-order valence-corrected chi connectivity index (χ4v) is 3.18. The predicted molar refractivity (Wildman–Crippen MR) is 114 cm³/mol. The Bertz CT molecular complexity index is 1260. The molecule has 3 N–H and O–H groups in total. The molecule has 13 heteroatoms. The zero-order chi connectivity index (χ0) is 25.2. The summed E-state index contributed by atoms with van der Waals surface area (Å²) in [6.45, 7) is -1.82. The van der Waals surface area contributed by atoms with Gasteiger partial charge in [-0.05, 0) is 36.4 Å². The molecule has 2 aromatic carbocycles. The molecule has 0 aliphatic carbocycles. The number of anilines is 1. The van der Waals surface area contributed by atoms with Crippen molar-refractivity contribution in [2.24, 2.45) is 5.73 Å². The normalized spacial score (nSPS) is 11.3. The van der Waals surface area contributed by atoms with Crippen molar-refractivity contribution in [3.8, 4) is 17.0 Å². The number of alkyl halides is 3. The molecule has 6 nitrogen and oxygen atoms in total. The monoisotopic (exact) mass is 519 g/mol. The van der Waals surface area contributed by atoms with Crippen molar-refractivity contribution in [1.29, 1.82) is 0 Å². The average Bonchev–Trinajstić information content (AvgIpc) is 2.75. The van der Waals surface area contributed by atoms with Gasteiger partial charge >= 0.3 is 6.18 Å². The van der Waals surface area contributed by atoms with Gasteiger partial charge in [0, 0.05) is 5.56 Å². The summed E-state index contributed by atoms with van der Waals surface area (Å²) in [5.74, 6) is -4.97. The second-order valence-electron chi connectivity index (χ2n) is 6.67. The molecule has 0 bridgehead atoms. The number of carbonyl (C=O) groups is 2. The number of aromatic nitrogens is 1. The van der Waals surface area contributed by atoms with Gasteiger partial charge in [0.05, 0.1) is 27.0 Å². The van der Waals surface area contributed by atoms with E-state index in [1.54, 1.807) is 0 Å². The lowest BCUT2D eigenvalue weighted by atomic mass is 10.0. The van der Waals surface area contributed by atoms with Crippen LogP contribution >= 0.6 is 23.2 Å². The molecule has 0 fully saturated rings. The number of hydrogen-bond donors (Lipinski definition) is 2. The molecule has 3 rings (SSSR count). The zero-order valence-corrected chi connectivity index (χ0v) is 18.2. The highest BCUT2D eigenvalue weighted by molar-refractivity contribution is 6.34. The summed E-state index contributed by atoms with van der Waals surface area (Å²) in [5, 5.41) is 1.74. The van der Waals surface area contributed by atoms with E-state index in [0.29, 0.717) is 6.07 Å². The number of primary amides is 1. The van der Waals surface area contributed by atoms with Crippen LogP contribution in [0.3, 0.4) is 0 Å². The van der Waals surface area contributed by atoms with Gasteiger partial charge in [-0.1, -0.05) is 29.3 Å². The van der Waals surface area contributed by atoms with Crippen LogP contribution in [0.2, 0.25) is 10.0 Å². The smallest absolute Gasteiger partial charge is 0.422 e. The number of nitrogens with one attached hydrogen (secondary N) is 1. The molecule has 178 valence electrons. The number of hydrogen-bond acceptors (Lipinski definition) is 4. The summed E-state index contributed by atoms with van der Waals surface area (Å²) in [6, 6.07) is 7.22. The van der Waals surface area contributed by atoms with Crippen LogP contribution in [0.4, 0.5) is 27.6 Å². The lowest BCUT2D eigenvalue weighted by molar-refractivity contribution is -0.153. The lowest BCUT2D eigenvalue weighted by Crippen LogP contribution is -2.22. The molecule has 0 atom stereocenters. The van der Waals surface area contributed by atoms with Gasteiger partial charge in [0.25, 0.3) is 11.8 Å². The molecule has 1 heterocycles. The Labute approximate surface area is 198 Å². The van der Waals surface area contributed by atoms with Crippen LogP contribution in [-0.4, -0.2) is 29.6 Å². The quantitative estimate of drug-likeness (QED) is 0.413. The Balaban J connectivity index is 2.09. The fourth-order valence-electron chi connectivity index (χ4n) is 2.77. The van der Waals surface area contributed by atoms with Crippen LogP contribution in [0.1, 0.15) is 20.8 Å². The molecular weight excluding hydrogens is 508 g/mol. The van der Waals surface area contributed by atoms with Crippen LogP contribution in [0.5, 0.6) is 5.75 Å². The topological polar surface area (TPSA) is 94.3 Å². The first-order valence-corrected chi connectivity index (χ1v) is 9.88. The molecular formula is C21H12Cl2F5N3O3. The molecule has 2 amide bonds. The van der Waals surface area contributed by atoms with Gasteiger partial charge in [0.1, 0.15) is 23.1 Å². The van der Waals surface area contributed by atoms with Crippen molar-refractivity contribution >= 4 is 40.7 Å². The number of pyridine rings is 1. The third kappa shape index (κ3) is 5.72. The number of nitrogens with two attached hydrogens (primary N) is 1. The fraction of sp³-hybridized carbons (Fsp3) is 0.0952. The molecule has 0 radical (unpaired) electrons. The van der Waals surface area contributed by atoms with E-state index in [9.17, 15) is 31.5 Å². The minimum absolute atomic E-state index is 0.136. The van der Waals surface area contributed by atoms with Crippen LogP contribution in [0, 0.1) is 11.6 Å². The Morgan fingerprint density at radius 2 is 1.74 bits per heavy atom. The number of carbonyl (C=O) groups excluding carboxylic acids is 2. The van der Waals surface area contributed by atoms with Gasteiger partial charge in [-0.15, -0.1) is 0 Å². The first kappa shape index (κ1) is 25.2. The van der Waals surface area contributed by atoms with Crippen molar-refractivity contribution in [3.05, 3.63) is 75.4 Å². The van der Waals surface area contributed by atoms with Gasteiger partial charge in [-0.3, -0.25) is 9.59 Å². The van der Waals surface area contributed by atoms with E-state index in [2.05, 4.69) is 10.3 Å². The maximum Gasteiger partial charge on any atom is 0.422 e. The predicted octanol–water partition coefficient (Wildman–Crippen LogP) is 5.63. The van der Waals surface area contributed by atoms with E-state index in [1.165, 1.54) is 24.3 Å². The highest BCUT2D eigenvalue weighted by atomic mass is 35.5. The van der Waals surface area contributed by atoms with Crippen molar-refractivity contribution in [2.45, 2.75) is 6.18 Å². The van der Waals surface area contributed by atoms with Gasteiger partial charge in [-0.2, -0.15) is 13.2 Å². The van der Waals surface area contributed by atoms with Gasteiger partial charge in [0.2, 0.25) is 0 Å². The number of benzene rings is 2. The van der Waals surface area contributed by atoms with E-state index < -0.39 is 64.5 Å². The largest absolute Gasteiger partial charge is 0.483 e. The SMILES string of the molecule is NC(=O)c1nc(-c2cc(OCC(F)(F)F)c(C(=O)Nc3c(F)cccc3Cl)cc2F)ccc1Cl. The Morgan fingerprint density at radius 3 is 2.35 bits per heavy atom. The number of amides is 2. The molecule has 3 aromatic rings. The Hall–Kier alpha value is -3.44. The summed E-state index contributed by atoms with van der Waals surface area (Å²) in [6.07, 6.45) is -4.80. The van der Waals surface area contributed by atoms with Gasteiger partial charge in [-0.25, -0.2) is 13.8 Å². The standard InChI is InChI=1S/C21H12Cl2F5N3O3/c22-11-2-1-3-13(24)17(11)31-20(33)10-6-14(25)9(7-16(10)34-8-21(26,27)28)15-5-4-12(23)18(30-15)19(29)32/h1-7H,8H2,(H2,29,32)(H,31,33). The number of halogens is 7. The highest BCUT2D eigenvalue weighted by Gasteiger charge is 2.30. The van der Waals surface area contributed by atoms with E-state index in [4.69, 9.17) is 33.7 Å². The summed E-state index contributed by atoms with van der Waals surface area (Å²) in [7, 11) is 0. The molecule has 0 spiro atoms. The van der Waals surface area contributed by atoms with E-state index in [0.717, 1.165) is 12.1 Å². The summed E-state index contributed by atoms with van der Waals surface area (Å²) in [5.41, 5.74) is 2.96. The third-order valence-electron chi connectivity index (χ3n) is 4.26. The minimum Gasteiger partial charge on any atom is -0.483 e. The Kier molecular flexibility index (Phi) is 7.27. The molecule has 1 aromatic heterocycles. The maximum absolute atomic E-state index is 14.9. The summed E-state index contributed by atoms with van der Waals surface area (Å²) >= 11 is 11.7. The van der Waals surface area contributed by atoms with Crippen molar-refractivity contribution in [1.82, 2.24) is 4.98 Å².